The lowest BCUT2D eigenvalue weighted by Crippen LogP contribution is -2.43. The summed E-state index contributed by atoms with van der Waals surface area (Å²) in [4.78, 5) is 13.3. The van der Waals surface area contributed by atoms with Crippen molar-refractivity contribution in [1.82, 2.24) is 5.32 Å². The molecule has 0 aliphatic carbocycles. The average molecular weight is 386 g/mol. The third kappa shape index (κ3) is 4.64. The Kier molecular flexibility index (Phi) is 6.54. The first kappa shape index (κ1) is 19.8. The molecule has 0 bridgehead atoms. The van der Waals surface area contributed by atoms with E-state index in [1.54, 1.807) is 20.3 Å². The predicted octanol–water partition coefficient (Wildman–Crippen LogP) is 2.68. The van der Waals surface area contributed by atoms with Crippen molar-refractivity contribution in [2.45, 2.75) is 6.42 Å². The van der Waals surface area contributed by atoms with E-state index >= 15 is 0 Å². The number of methoxy groups -OCH3 is 2. The van der Waals surface area contributed by atoms with Crippen LogP contribution in [0.15, 0.2) is 36.4 Å². The molecule has 28 heavy (non-hydrogen) atoms. The van der Waals surface area contributed by atoms with Gasteiger partial charge in [-0.15, -0.1) is 0 Å². The normalized spacial score (nSPS) is 13.9. The minimum absolute atomic E-state index is 0.0891. The Balaban J connectivity index is 1.70. The summed E-state index contributed by atoms with van der Waals surface area (Å²) >= 11 is 0. The molecule has 1 fully saturated rings. The van der Waals surface area contributed by atoms with Gasteiger partial charge < -0.3 is 25.0 Å². The number of nitrogens with one attached hydrogen (secondary N) is 2. The Hall–Kier alpha value is -3.00. The number of anilines is 2. The molecule has 0 spiro atoms. The molecule has 0 amide bonds. The minimum atomic E-state index is -0.347. The molecule has 0 aromatic heterocycles. The van der Waals surface area contributed by atoms with Gasteiger partial charge in [0.1, 0.15) is 5.69 Å². The van der Waals surface area contributed by atoms with E-state index in [9.17, 15) is 10.1 Å². The van der Waals surface area contributed by atoms with Gasteiger partial charge >= 0.3 is 0 Å². The first-order valence-corrected chi connectivity index (χ1v) is 9.31. The predicted molar refractivity (Wildman–Crippen MR) is 110 cm³/mol. The summed E-state index contributed by atoms with van der Waals surface area (Å²) in [5, 5.41) is 18.0. The van der Waals surface area contributed by atoms with E-state index < -0.39 is 0 Å². The van der Waals surface area contributed by atoms with E-state index in [2.05, 4.69) is 15.5 Å². The van der Waals surface area contributed by atoms with Gasteiger partial charge in [0.15, 0.2) is 11.5 Å². The standard InChI is InChI=1S/C20H26N4O4/c1-27-19-6-3-15(13-20(19)28-2)7-8-22-17-14-16(4-5-18(17)24(25)26)23-11-9-21-10-12-23/h3-6,13-14,21-22H,7-12H2,1-2H3. The smallest absolute Gasteiger partial charge is 0.292 e. The molecule has 1 aliphatic rings. The lowest BCUT2D eigenvalue weighted by Gasteiger charge is -2.29. The maximum Gasteiger partial charge on any atom is 0.292 e. The fourth-order valence-electron chi connectivity index (χ4n) is 3.32. The van der Waals surface area contributed by atoms with Gasteiger partial charge in [-0.25, -0.2) is 0 Å². The molecule has 8 heteroatoms. The Labute approximate surface area is 164 Å². The van der Waals surface area contributed by atoms with Crippen molar-refractivity contribution >= 4 is 17.1 Å². The zero-order chi connectivity index (χ0) is 19.9. The number of piperazine rings is 1. The Morgan fingerprint density at radius 2 is 1.86 bits per heavy atom. The second-order valence-electron chi connectivity index (χ2n) is 6.56. The number of rotatable bonds is 8. The summed E-state index contributed by atoms with van der Waals surface area (Å²) in [7, 11) is 3.20. The van der Waals surface area contributed by atoms with E-state index in [0.717, 1.165) is 37.4 Å². The Morgan fingerprint density at radius 1 is 1.11 bits per heavy atom. The highest BCUT2D eigenvalue weighted by molar-refractivity contribution is 5.69. The minimum Gasteiger partial charge on any atom is -0.493 e. The quantitative estimate of drug-likeness (QED) is 0.533. The summed E-state index contributed by atoms with van der Waals surface area (Å²) in [5.41, 5.74) is 2.69. The van der Waals surface area contributed by atoms with E-state index in [1.165, 1.54) is 0 Å². The van der Waals surface area contributed by atoms with E-state index in [0.29, 0.717) is 30.2 Å². The van der Waals surface area contributed by atoms with Gasteiger partial charge in [0, 0.05) is 44.5 Å². The molecule has 1 aliphatic heterocycles. The second-order valence-corrected chi connectivity index (χ2v) is 6.56. The number of nitro groups is 1. The molecule has 0 unspecified atom stereocenters. The van der Waals surface area contributed by atoms with E-state index in [1.807, 2.05) is 30.3 Å². The average Bonchev–Trinajstić information content (AvgIpc) is 2.74. The van der Waals surface area contributed by atoms with Crippen LogP contribution in [0.5, 0.6) is 11.5 Å². The molecular formula is C20H26N4O4. The van der Waals surface area contributed by atoms with Gasteiger partial charge in [0.05, 0.1) is 19.1 Å². The highest BCUT2D eigenvalue weighted by Crippen LogP contribution is 2.30. The van der Waals surface area contributed by atoms with Crippen LogP contribution in [0.1, 0.15) is 5.56 Å². The van der Waals surface area contributed by atoms with Gasteiger partial charge in [0.2, 0.25) is 0 Å². The maximum atomic E-state index is 11.4. The molecule has 0 radical (unpaired) electrons. The fourth-order valence-corrected chi connectivity index (χ4v) is 3.32. The molecule has 8 nitrogen and oxygen atoms in total. The molecule has 1 saturated heterocycles. The van der Waals surface area contributed by atoms with Crippen molar-refractivity contribution in [3.63, 3.8) is 0 Å². The van der Waals surface area contributed by atoms with Crippen molar-refractivity contribution in [3.8, 4) is 11.5 Å². The van der Waals surface area contributed by atoms with Gasteiger partial charge in [-0.3, -0.25) is 10.1 Å². The largest absolute Gasteiger partial charge is 0.493 e. The van der Waals surface area contributed by atoms with Crippen LogP contribution >= 0.6 is 0 Å². The Morgan fingerprint density at radius 3 is 2.54 bits per heavy atom. The van der Waals surface area contributed by atoms with Gasteiger partial charge in [-0.1, -0.05) is 6.07 Å². The first-order valence-electron chi connectivity index (χ1n) is 9.31. The van der Waals surface area contributed by atoms with Gasteiger partial charge in [-0.2, -0.15) is 0 Å². The van der Waals surface area contributed by atoms with Crippen LogP contribution in [0, 0.1) is 10.1 Å². The van der Waals surface area contributed by atoms with Crippen LogP contribution in [0.2, 0.25) is 0 Å². The van der Waals surface area contributed by atoms with Crippen LogP contribution in [-0.4, -0.2) is 51.9 Å². The monoisotopic (exact) mass is 386 g/mol. The van der Waals surface area contributed by atoms with Crippen LogP contribution in [0.3, 0.4) is 0 Å². The summed E-state index contributed by atoms with van der Waals surface area (Å²) in [6.45, 7) is 4.19. The van der Waals surface area contributed by atoms with Crippen LogP contribution in [0.4, 0.5) is 17.1 Å². The van der Waals surface area contributed by atoms with Crippen LogP contribution in [0.25, 0.3) is 0 Å². The lowest BCUT2D eigenvalue weighted by atomic mass is 10.1. The zero-order valence-corrected chi connectivity index (χ0v) is 16.2. The van der Waals surface area contributed by atoms with Crippen LogP contribution in [-0.2, 0) is 6.42 Å². The summed E-state index contributed by atoms with van der Waals surface area (Å²) in [5.74, 6) is 1.35. The third-order valence-corrected chi connectivity index (χ3v) is 4.84. The number of benzene rings is 2. The molecule has 2 aromatic carbocycles. The van der Waals surface area contributed by atoms with Gasteiger partial charge in [0.25, 0.3) is 5.69 Å². The highest BCUT2D eigenvalue weighted by atomic mass is 16.6. The maximum absolute atomic E-state index is 11.4. The van der Waals surface area contributed by atoms with Crippen LogP contribution < -0.4 is 25.0 Å². The topological polar surface area (TPSA) is 88.9 Å². The molecule has 1 heterocycles. The summed E-state index contributed by atoms with van der Waals surface area (Å²) in [6.07, 6.45) is 0.704. The summed E-state index contributed by atoms with van der Waals surface area (Å²) < 4.78 is 10.6. The SMILES string of the molecule is COc1ccc(CCNc2cc(N3CCNCC3)ccc2[N+](=O)[O-])cc1OC. The molecule has 150 valence electrons. The molecule has 0 saturated carbocycles. The van der Waals surface area contributed by atoms with Gasteiger partial charge in [-0.05, 0) is 36.2 Å². The van der Waals surface area contributed by atoms with Crippen molar-refractivity contribution in [3.05, 3.63) is 52.1 Å². The van der Waals surface area contributed by atoms with Crippen molar-refractivity contribution in [2.24, 2.45) is 0 Å². The fraction of sp³-hybridized carbons (Fsp3) is 0.400. The number of ether oxygens (including phenoxy) is 2. The lowest BCUT2D eigenvalue weighted by molar-refractivity contribution is -0.383. The third-order valence-electron chi connectivity index (χ3n) is 4.84. The van der Waals surface area contributed by atoms with E-state index in [-0.39, 0.29) is 10.6 Å². The highest BCUT2D eigenvalue weighted by Gasteiger charge is 2.17. The number of hydrogen-bond acceptors (Lipinski definition) is 7. The molecule has 3 rings (SSSR count). The first-order chi connectivity index (χ1) is 13.6. The molecule has 2 aromatic rings. The number of nitrogens with zero attached hydrogens (tertiary/aromatic N) is 2. The van der Waals surface area contributed by atoms with E-state index in [4.69, 9.17) is 9.47 Å². The molecular weight excluding hydrogens is 360 g/mol. The summed E-state index contributed by atoms with van der Waals surface area (Å²) in [6, 6.07) is 11.0. The van der Waals surface area contributed by atoms with Crippen molar-refractivity contribution in [1.29, 1.82) is 0 Å². The number of nitro benzene ring substituents is 1. The second kappa shape index (κ2) is 9.27. The molecule has 2 N–H and O–H groups in total. The van der Waals surface area contributed by atoms with Crippen molar-refractivity contribution in [2.75, 3.05) is 57.2 Å². The zero-order valence-electron chi connectivity index (χ0n) is 16.2. The Bertz CT molecular complexity index is 822. The van der Waals surface area contributed by atoms with Crippen molar-refractivity contribution < 1.29 is 14.4 Å². The molecule has 0 atom stereocenters. The number of hydrogen-bond donors (Lipinski definition) is 2.